The lowest BCUT2D eigenvalue weighted by atomic mass is 10.3. The Morgan fingerprint density at radius 1 is 1.03 bits per heavy atom. The fraction of sp³-hybridized carbons (Fsp3) is 0.273. The molecule has 0 bridgehead atoms. The molecule has 0 aliphatic heterocycles. The summed E-state index contributed by atoms with van der Waals surface area (Å²) in [5.41, 5.74) is 2.61. The van der Waals surface area contributed by atoms with Crippen LogP contribution in [0.3, 0.4) is 0 Å². The first-order valence-electron chi connectivity index (χ1n) is 10.00. The zero-order valence-electron chi connectivity index (χ0n) is 17.1. The lowest BCUT2D eigenvalue weighted by Gasteiger charge is -2.13. The monoisotopic (exact) mass is 403 g/mol. The molecule has 154 valence electrons. The van der Waals surface area contributed by atoms with Crippen LogP contribution in [0.2, 0.25) is 0 Å². The van der Waals surface area contributed by atoms with Crippen molar-refractivity contribution in [2.75, 3.05) is 23.8 Å². The number of para-hydroxylation sites is 1. The fourth-order valence-corrected chi connectivity index (χ4v) is 3.19. The predicted molar refractivity (Wildman–Crippen MR) is 118 cm³/mol. The van der Waals surface area contributed by atoms with Crippen molar-refractivity contribution in [3.05, 3.63) is 66.7 Å². The maximum Gasteiger partial charge on any atom is 0.205 e. The molecule has 8 nitrogen and oxygen atoms in total. The van der Waals surface area contributed by atoms with Gasteiger partial charge in [0.25, 0.3) is 0 Å². The van der Waals surface area contributed by atoms with Gasteiger partial charge >= 0.3 is 0 Å². The van der Waals surface area contributed by atoms with Crippen molar-refractivity contribution in [2.45, 2.75) is 26.4 Å². The Morgan fingerprint density at radius 2 is 1.90 bits per heavy atom. The highest BCUT2D eigenvalue weighted by atomic mass is 16.5. The summed E-state index contributed by atoms with van der Waals surface area (Å²) >= 11 is 0. The third-order valence-corrected chi connectivity index (χ3v) is 4.57. The van der Waals surface area contributed by atoms with Crippen LogP contribution in [0, 0.1) is 0 Å². The van der Waals surface area contributed by atoms with Gasteiger partial charge in [-0.3, -0.25) is 9.55 Å². The van der Waals surface area contributed by atoms with Gasteiger partial charge in [0, 0.05) is 25.0 Å². The molecular weight excluding hydrogens is 378 g/mol. The van der Waals surface area contributed by atoms with E-state index < -0.39 is 0 Å². The topological polar surface area (TPSA) is 89.8 Å². The van der Waals surface area contributed by atoms with Crippen molar-refractivity contribution in [2.24, 2.45) is 0 Å². The van der Waals surface area contributed by atoms with Crippen LogP contribution in [0.25, 0.3) is 11.2 Å². The highest BCUT2D eigenvalue weighted by Crippen LogP contribution is 2.26. The number of anilines is 2. The SMILES string of the molecule is CC(C)n1c(NCc2cccnc2)nc2c(NCCOc3ccccc3)ncnc21. The molecule has 0 unspecified atom stereocenters. The molecule has 2 N–H and O–H groups in total. The number of fused-ring (bicyclic) bond motifs is 1. The fourth-order valence-electron chi connectivity index (χ4n) is 3.19. The second-order valence-corrected chi connectivity index (χ2v) is 7.10. The molecule has 4 aromatic rings. The Hall–Kier alpha value is -3.68. The highest BCUT2D eigenvalue weighted by Gasteiger charge is 2.17. The number of nitrogens with zero attached hydrogens (tertiary/aromatic N) is 5. The van der Waals surface area contributed by atoms with E-state index in [9.17, 15) is 0 Å². The minimum atomic E-state index is 0.190. The van der Waals surface area contributed by atoms with Crippen molar-refractivity contribution in [1.29, 1.82) is 0 Å². The lowest BCUT2D eigenvalue weighted by Crippen LogP contribution is -2.13. The van der Waals surface area contributed by atoms with E-state index in [1.807, 2.05) is 48.7 Å². The molecule has 0 fully saturated rings. The van der Waals surface area contributed by atoms with Crippen LogP contribution in [0.1, 0.15) is 25.5 Å². The summed E-state index contributed by atoms with van der Waals surface area (Å²) in [6.45, 7) is 5.98. The average molecular weight is 403 g/mol. The number of hydrogen-bond donors (Lipinski definition) is 2. The molecule has 0 radical (unpaired) electrons. The number of nitrogens with one attached hydrogen (secondary N) is 2. The van der Waals surface area contributed by atoms with Gasteiger partial charge in [0.1, 0.15) is 18.7 Å². The van der Waals surface area contributed by atoms with Gasteiger partial charge in [-0.1, -0.05) is 24.3 Å². The Kier molecular flexibility index (Phi) is 6.03. The maximum absolute atomic E-state index is 5.74. The molecule has 4 rings (SSSR count). The molecule has 1 aromatic carbocycles. The summed E-state index contributed by atoms with van der Waals surface area (Å²) in [6, 6.07) is 13.9. The molecule has 0 atom stereocenters. The third-order valence-electron chi connectivity index (χ3n) is 4.57. The molecule has 0 saturated carbocycles. The molecule has 0 aliphatic carbocycles. The van der Waals surface area contributed by atoms with Gasteiger partial charge in [0.05, 0.1) is 6.54 Å². The van der Waals surface area contributed by atoms with E-state index in [1.165, 1.54) is 0 Å². The third kappa shape index (κ3) is 4.48. The normalized spacial score (nSPS) is 11.0. The van der Waals surface area contributed by atoms with Crippen molar-refractivity contribution in [3.8, 4) is 5.75 Å². The van der Waals surface area contributed by atoms with Gasteiger partial charge < -0.3 is 15.4 Å². The number of pyridine rings is 1. The molecule has 8 heteroatoms. The second-order valence-electron chi connectivity index (χ2n) is 7.10. The van der Waals surface area contributed by atoms with E-state index in [2.05, 4.69) is 44.0 Å². The predicted octanol–water partition coefficient (Wildman–Crippen LogP) is 3.91. The van der Waals surface area contributed by atoms with Gasteiger partial charge in [-0.2, -0.15) is 0 Å². The summed E-state index contributed by atoms with van der Waals surface area (Å²) in [4.78, 5) is 17.8. The Labute approximate surface area is 175 Å². The molecule has 0 saturated heterocycles. The number of aromatic nitrogens is 5. The molecule has 3 heterocycles. The quantitative estimate of drug-likeness (QED) is 0.410. The van der Waals surface area contributed by atoms with Crippen molar-refractivity contribution < 1.29 is 4.74 Å². The summed E-state index contributed by atoms with van der Waals surface area (Å²) in [5.74, 6) is 2.30. The standard InChI is InChI=1S/C22H25N7O/c1-16(2)29-21-19(28-22(29)25-14-17-7-6-10-23-13-17)20(26-15-27-21)24-11-12-30-18-8-4-3-5-9-18/h3-10,13,15-16H,11-12,14H2,1-2H3,(H,25,28)(H,24,26,27). The van der Waals surface area contributed by atoms with E-state index in [-0.39, 0.29) is 6.04 Å². The van der Waals surface area contributed by atoms with Crippen LogP contribution in [-0.2, 0) is 6.54 Å². The van der Waals surface area contributed by atoms with Gasteiger partial charge in [-0.05, 0) is 37.6 Å². The first-order valence-corrected chi connectivity index (χ1v) is 10.00. The van der Waals surface area contributed by atoms with Gasteiger partial charge in [-0.25, -0.2) is 15.0 Å². The summed E-state index contributed by atoms with van der Waals surface area (Å²) in [5, 5.41) is 6.73. The number of ether oxygens (including phenoxy) is 1. The summed E-state index contributed by atoms with van der Waals surface area (Å²) in [6.07, 6.45) is 5.17. The smallest absolute Gasteiger partial charge is 0.205 e. The first-order chi connectivity index (χ1) is 14.7. The summed E-state index contributed by atoms with van der Waals surface area (Å²) < 4.78 is 7.83. The minimum absolute atomic E-state index is 0.190. The van der Waals surface area contributed by atoms with Gasteiger partial charge in [0.2, 0.25) is 5.95 Å². The average Bonchev–Trinajstić information content (AvgIpc) is 3.16. The Bertz CT molecular complexity index is 1080. The number of hydrogen-bond acceptors (Lipinski definition) is 7. The lowest BCUT2D eigenvalue weighted by molar-refractivity contribution is 0.333. The number of imidazole rings is 1. The largest absolute Gasteiger partial charge is 0.492 e. The zero-order valence-corrected chi connectivity index (χ0v) is 17.1. The molecule has 0 amide bonds. The van der Waals surface area contributed by atoms with Crippen LogP contribution < -0.4 is 15.4 Å². The molecule has 3 aromatic heterocycles. The van der Waals surface area contributed by atoms with Crippen LogP contribution in [0.4, 0.5) is 11.8 Å². The van der Waals surface area contributed by atoms with Crippen molar-refractivity contribution in [3.63, 3.8) is 0 Å². The van der Waals surface area contributed by atoms with Crippen LogP contribution in [0.5, 0.6) is 5.75 Å². The van der Waals surface area contributed by atoms with Crippen molar-refractivity contribution >= 4 is 22.9 Å². The van der Waals surface area contributed by atoms with Crippen LogP contribution >= 0.6 is 0 Å². The van der Waals surface area contributed by atoms with E-state index in [4.69, 9.17) is 9.72 Å². The number of benzene rings is 1. The van der Waals surface area contributed by atoms with E-state index >= 15 is 0 Å². The molecule has 0 spiro atoms. The minimum Gasteiger partial charge on any atom is -0.492 e. The Morgan fingerprint density at radius 3 is 2.67 bits per heavy atom. The highest BCUT2D eigenvalue weighted by molar-refractivity contribution is 5.85. The van der Waals surface area contributed by atoms with E-state index in [0.717, 1.165) is 28.4 Å². The van der Waals surface area contributed by atoms with Crippen LogP contribution in [-0.4, -0.2) is 37.7 Å². The van der Waals surface area contributed by atoms with E-state index in [0.29, 0.717) is 25.5 Å². The van der Waals surface area contributed by atoms with Crippen molar-refractivity contribution in [1.82, 2.24) is 24.5 Å². The summed E-state index contributed by atoms with van der Waals surface area (Å²) in [7, 11) is 0. The van der Waals surface area contributed by atoms with Crippen LogP contribution in [0.15, 0.2) is 61.2 Å². The molecular formula is C22H25N7O. The first kappa shape index (κ1) is 19.6. The van der Waals surface area contributed by atoms with Gasteiger partial charge in [-0.15, -0.1) is 0 Å². The van der Waals surface area contributed by atoms with E-state index in [1.54, 1.807) is 12.5 Å². The molecule has 30 heavy (non-hydrogen) atoms. The Balaban J connectivity index is 1.50. The zero-order chi connectivity index (χ0) is 20.8. The van der Waals surface area contributed by atoms with Gasteiger partial charge in [0.15, 0.2) is 17.0 Å². The second kappa shape index (κ2) is 9.21. The number of rotatable bonds is 9. The molecule has 0 aliphatic rings. The maximum atomic E-state index is 5.74.